The van der Waals surface area contributed by atoms with Gasteiger partial charge in [-0.2, -0.15) is 0 Å². The normalized spacial score (nSPS) is 32.4. The fourth-order valence-electron chi connectivity index (χ4n) is 4.09. The zero-order valence-electron chi connectivity index (χ0n) is 12.4. The predicted octanol–water partition coefficient (Wildman–Crippen LogP) is 3.03. The lowest BCUT2D eigenvalue weighted by Gasteiger charge is -2.41. The van der Waals surface area contributed by atoms with Crippen molar-refractivity contribution in [2.45, 2.75) is 81.5 Å². The third-order valence-electron chi connectivity index (χ3n) is 5.62. The van der Waals surface area contributed by atoms with E-state index in [2.05, 4.69) is 5.32 Å². The van der Waals surface area contributed by atoms with Gasteiger partial charge in [0.2, 0.25) is 0 Å². The molecule has 0 aromatic heterocycles. The van der Waals surface area contributed by atoms with E-state index < -0.39 is 0 Å². The molecule has 0 aromatic carbocycles. The Hall–Kier alpha value is -0.120. The van der Waals surface area contributed by atoms with Crippen LogP contribution in [-0.4, -0.2) is 37.5 Å². The lowest BCUT2D eigenvalue weighted by Crippen LogP contribution is -2.49. The van der Waals surface area contributed by atoms with Crippen LogP contribution in [0.4, 0.5) is 0 Å². The molecule has 0 bridgehead atoms. The summed E-state index contributed by atoms with van der Waals surface area (Å²) in [6, 6.07) is 0. The van der Waals surface area contributed by atoms with Crippen LogP contribution in [0, 0.1) is 0 Å². The Balaban J connectivity index is 1.40. The smallest absolute Gasteiger partial charge is 0.0802 e. The van der Waals surface area contributed by atoms with Crippen molar-refractivity contribution in [3.63, 3.8) is 0 Å². The summed E-state index contributed by atoms with van der Waals surface area (Å²) in [6.07, 6.45) is 13.5. The first kappa shape index (κ1) is 13.8. The van der Waals surface area contributed by atoms with Crippen molar-refractivity contribution in [3.05, 3.63) is 0 Å². The largest absolute Gasteiger partial charge is 0.377 e. The van der Waals surface area contributed by atoms with Crippen LogP contribution in [0.25, 0.3) is 0 Å². The Morgan fingerprint density at radius 2 is 1.84 bits per heavy atom. The average molecular weight is 267 g/mol. The van der Waals surface area contributed by atoms with Crippen LogP contribution in [0.1, 0.15) is 64.2 Å². The number of methoxy groups -OCH3 is 1. The molecule has 3 nitrogen and oxygen atoms in total. The number of rotatable bonds is 5. The first-order chi connectivity index (χ1) is 9.26. The molecule has 1 N–H and O–H groups in total. The predicted molar refractivity (Wildman–Crippen MR) is 76.4 cm³/mol. The van der Waals surface area contributed by atoms with Gasteiger partial charge in [0.05, 0.1) is 17.3 Å². The molecule has 19 heavy (non-hydrogen) atoms. The van der Waals surface area contributed by atoms with Gasteiger partial charge >= 0.3 is 0 Å². The molecule has 2 aliphatic carbocycles. The minimum atomic E-state index is 0.140. The van der Waals surface area contributed by atoms with Crippen molar-refractivity contribution >= 4 is 0 Å². The van der Waals surface area contributed by atoms with Crippen LogP contribution >= 0.6 is 0 Å². The first-order valence-corrected chi connectivity index (χ1v) is 8.20. The van der Waals surface area contributed by atoms with Crippen LogP contribution in [0.15, 0.2) is 0 Å². The molecular formula is C16H29NO2. The van der Waals surface area contributed by atoms with E-state index in [1.54, 1.807) is 0 Å². The third kappa shape index (κ3) is 2.98. The fourth-order valence-corrected chi connectivity index (χ4v) is 4.09. The third-order valence-corrected chi connectivity index (χ3v) is 5.62. The highest BCUT2D eigenvalue weighted by Gasteiger charge is 2.41. The van der Waals surface area contributed by atoms with Crippen LogP contribution in [-0.2, 0) is 9.47 Å². The van der Waals surface area contributed by atoms with Gasteiger partial charge in [-0.3, -0.25) is 0 Å². The van der Waals surface area contributed by atoms with Crippen molar-refractivity contribution < 1.29 is 9.47 Å². The summed E-state index contributed by atoms with van der Waals surface area (Å²) < 4.78 is 12.0. The fraction of sp³-hybridized carbons (Fsp3) is 1.00. The van der Waals surface area contributed by atoms with E-state index in [9.17, 15) is 0 Å². The van der Waals surface area contributed by atoms with E-state index in [0.29, 0.717) is 6.10 Å². The number of hydrogen-bond acceptors (Lipinski definition) is 3. The van der Waals surface area contributed by atoms with Gasteiger partial charge in [0.15, 0.2) is 0 Å². The molecule has 3 fully saturated rings. The van der Waals surface area contributed by atoms with Crippen LogP contribution < -0.4 is 5.32 Å². The molecule has 0 aromatic rings. The van der Waals surface area contributed by atoms with Gasteiger partial charge in [0.25, 0.3) is 0 Å². The second kappa shape index (κ2) is 5.71. The van der Waals surface area contributed by atoms with E-state index in [4.69, 9.17) is 9.47 Å². The molecule has 0 amide bonds. The van der Waals surface area contributed by atoms with Crippen molar-refractivity contribution in [3.8, 4) is 0 Å². The Bertz CT molecular complexity index is 290. The standard InChI is InChI=1S/C16H29NO2/c1-18-16(9-5-10-16)13-17-12-14-6-11-15(19-14)7-3-2-4-8-15/h14,17H,2-13H2,1H3. The Morgan fingerprint density at radius 3 is 2.47 bits per heavy atom. The van der Waals surface area contributed by atoms with E-state index in [0.717, 1.165) is 13.1 Å². The molecule has 110 valence electrons. The van der Waals surface area contributed by atoms with Crippen LogP contribution in [0.5, 0.6) is 0 Å². The Morgan fingerprint density at radius 1 is 1.05 bits per heavy atom. The highest BCUT2D eigenvalue weighted by Crippen LogP contribution is 2.41. The van der Waals surface area contributed by atoms with Crippen LogP contribution in [0.2, 0.25) is 0 Å². The molecule has 1 unspecified atom stereocenters. The van der Waals surface area contributed by atoms with Gasteiger partial charge in [-0.05, 0) is 44.9 Å². The minimum absolute atomic E-state index is 0.140. The minimum Gasteiger partial charge on any atom is -0.377 e. The van der Waals surface area contributed by atoms with Gasteiger partial charge in [0, 0.05) is 20.2 Å². The second-order valence-corrected chi connectivity index (χ2v) is 6.89. The topological polar surface area (TPSA) is 30.5 Å². The average Bonchev–Trinajstić information content (AvgIpc) is 2.77. The van der Waals surface area contributed by atoms with E-state index in [1.807, 2.05) is 7.11 Å². The second-order valence-electron chi connectivity index (χ2n) is 6.89. The summed E-state index contributed by atoms with van der Waals surface area (Å²) in [6.45, 7) is 2.00. The summed E-state index contributed by atoms with van der Waals surface area (Å²) >= 11 is 0. The number of hydrogen-bond donors (Lipinski definition) is 1. The molecule has 1 saturated heterocycles. The lowest BCUT2D eigenvalue weighted by atomic mass is 9.80. The summed E-state index contributed by atoms with van der Waals surface area (Å²) in [5.74, 6) is 0. The Kier molecular flexibility index (Phi) is 4.16. The van der Waals surface area contributed by atoms with Gasteiger partial charge in [-0.1, -0.05) is 19.3 Å². The summed E-state index contributed by atoms with van der Waals surface area (Å²) in [7, 11) is 1.85. The van der Waals surface area contributed by atoms with Crippen molar-refractivity contribution in [2.75, 3.05) is 20.2 Å². The van der Waals surface area contributed by atoms with Crippen molar-refractivity contribution in [2.24, 2.45) is 0 Å². The molecule has 0 radical (unpaired) electrons. The van der Waals surface area contributed by atoms with E-state index in [1.165, 1.54) is 64.2 Å². The monoisotopic (exact) mass is 267 g/mol. The molecule has 3 heteroatoms. The maximum Gasteiger partial charge on any atom is 0.0802 e. The quantitative estimate of drug-likeness (QED) is 0.830. The SMILES string of the molecule is COC1(CNCC2CCC3(CCCCC3)O2)CCC1. The number of nitrogens with one attached hydrogen (secondary N) is 1. The zero-order valence-corrected chi connectivity index (χ0v) is 12.4. The summed E-state index contributed by atoms with van der Waals surface area (Å²) in [4.78, 5) is 0. The summed E-state index contributed by atoms with van der Waals surface area (Å²) in [5.41, 5.74) is 0.404. The molecule has 1 spiro atoms. The van der Waals surface area contributed by atoms with Gasteiger partial charge in [0.1, 0.15) is 0 Å². The van der Waals surface area contributed by atoms with Crippen molar-refractivity contribution in [1.82, 2.24) is 5.32 Å². The zero-order chi connectivity index (χ0) is 13.2. The highest BCUT2D eigenvalue weighted by molar-refractivity contribution is 4.94. The molecule has 1 atom stereocenters. The summed E-state index contributed by atoms with van der Waals surface area (Å²) in [5, 5.41) is 3.59. The molecule has 3 aliphatic rings. The lowest BCUT2D eigenvalue weighted by molar-refractivity contribution is -0.0788. The van der Waals surface area contributed by atoms with E-state index >= 15 is 0 Å². The Labute approximate surface area is 117 Å². The van der Waals surface area contributed by atoms with Gasteiger partial charge in [-0.25, -0.2) is 0 Å². The molecule has 1 aliphatic heterocycles. The number of ether oxygens (including phenoxy) is 2. The van der Waals surface area contributed by atoms with Crippen molar-refractivity contribution in [1.29, 1.82) is 0 Å². The maximum absolute atomic E-state index is 6.39. The maximum atomic E-state index is 6.39. The van der Waals surface area contributed by atoms with Gasteiger partial charge < -0.3 is 14.8 Å². The molecule has 2 saturated carbocycles. The van der Waals surface area contributed by atoms with E-state index in [-0.39, 0.29) is 11.2 Å². The first-order valence-electron chi connectivity index (χ1n) is 8.20. The molecule has 3 rings (SSSR count). The molecular weight excluding hydrogens is 238 g/mol. The van der Waals surface area contributed by atoms with Gasteiger partial charge in [-0.15, -0.1) is 0 Å². The van der Waals surface area contributed by atoms with Crippen LogP contribution in [0.3, 0.4) is 0 Å². The molecule has 1 heterocycles. The highest BCUT2D eigenvalue weighted by atomic mass is 16.5.